The van der Waals surface area contributed by atoms with Crippen molar-refractivity contribution >= 4 is 17.5 Å². The second-order valence-electron chi connectivity index (χ2n) is 0.745. The van der Waals surface area contributed by atoms with Crippen LogP contribution in [-0.2, 0) is 4.84 Å². The molecule has 0 unspecified atom stereocenters. The van der Waals surface area contributed by atoms with E-state index in [9.17, 15) is 0 Å². The normalized spacial score (nSPS) is 11.4. The fraction of sp³-hybridized carbons (Fsp3) is 0.500. The molecule has 42 valence electrons. The van der Waals surface area contributed by atoms with Gasteiger partial charge in [0.25, 0.3) is 5.90 Å². The summed E-state index contributed by atoms with van der Waals surface area (Å²) in [4.78, 5) is 3.92. The molecule has 0 rings (SSSR count). The molecule has 3 N–H and O–H groups in total. The molecular weight excluding hydrogens is 119 g/mol. The first-order valence-corrected chi connectivity index (χ1v) is 2.02. The van der Waals surface area contributed by atoms with E-state index in [0.29, 0.717) is 0 Å². The third-order valence-electron chi connectivity index (χ3n) is 0.362. The van der Waals surface area contributed by atoms with Crippen molar-refractivity contribution in [1.29, 1.82) is 0 Å². The van der Waals surface area contributed by atoms with Gasteiger partial charge >= 0.3 is 0 Å². The van der Waals surface area contributed by atoms with Crippen LogP contribution >= 0.6 is 11.6 Å². The average molecular weight is 125 g/mol. The largest absolute Gasteiger partial charge is 0.408 e. The maximum atomic E-state index is 7.82. The first-order valence-electron chi connectivity index (χ1n) is 1.48. The summed E-state index contributed by atoms with van der Waals surface area (Å²) in [6, 6.07) is 0. The first kappa shape index (κ1) is 6.52. The molecule has 0 aliphatic carbocycles. The minimum atomic E-state index is -0.0957. The monoisotopic (exact) mass is 124 g/mol. The summed E-state index contributed by atoms with van der Waals surface area (Å²) in [6.07, 6.45) is 0. The van der Waals surface area contributed by atoms with E-state index in [-0.39, 0.29) is 11.8 Å². The van der Waals surface area contributed by atoms with Crippen molar-refractivity contribution in [2.45, 2.75) is 0 Å². The third kappa shape index (κ3) is 2.24. The Morgan fingerprint density at radius 1 is 2.00 bits per heavy atom. The SMILES string of the molecule is NOC(CCl)=NO. The Labute approximate surface area is 45.5 Å². The second-order valence-corrected chi connectivity index (χ2v) is 1.01. The molecule has 0 aliphatic rings. The molecule has 0 atom stereocenters. The van der Waals surface area contributed by atoms with Crippen molar-refractivity contribution in [2.24, 2.45) is 11.1 Å². The lowest BCUT2D eigenvalue weighted by Crippen LogP contribution is -2.11. The minimum Gasteiger partial charge on any atom is -0.408 e. The molecule has 0 spiro atoms. The molecule has 5 heteroatoms. The molecule has 0 aromatic rings. The predicted octanol–water partition coefficient (Wildman–Crippen LogP) is -0.0968. The molecular formula is C2H5ClN2O2. The van der Waals surface area contributed by atoms with Crippen LogP contribution < -0.4 is 5.90 Å². The number of nitrogens with zero attached hydrogens (tertiary/aromatic N) is 1. The Morgan fingerprint density at radius 2 is 2.57 bits per heavy atom. The Morgan fingerprint density at radius 3 is 2.57 bits per heavy atom. The molecule has 0 aromatic heterocycles. The zero-order valence-electron chi connectivity index (χ0n) is 3.47. The Hall–Kier alpha value is -0.480. The van der Waals surface area contributed by atoms with Crippen LogP contribution in [0.3, 0.4) is 0 Å². The van der Waals surface area contributed by atoms with Crippen LogP contribution in [0.15, 0.2) is 5.16 Å². The van der Waals surface area contributed by atoms with E-state index in [0.717, 1.165) is 0 Å². The molecule has 0 heterocycles. The van der Waals surface area contributed by atoms with Crippen LogP contribution in [0.4, 0.5) is 0 Å². The molecule has 7 heavy (non-hydrogen) atoms. The Balaban J connectivity index is 3.38. The minimum absolute atomic E-state index is 0.0208. The van der Waals surface area contributed by atoms with Gasteiger partial charge in [0.15, 0.2) is 0 Å². The fourth-order valence-electron chi connectivity index (χ4n) is 0.0818. The number of alkyl halides is 1. The van der Waals surface area contributed by atoms with Gasteiger partial charge in [-0.1, -0.05) is 5.16 Å². The quantitative estimate of drug-likeness (QED) is 0.169. The molecule has 0 amide bonds. The number of hydrogen-bond acceptors (Lipinski definition) is 4. The van der Waals surface area contributed by atoms with Crippen molar-refractivity contribution in [3.05, 3.63) is 0 Å². The van der Waals surface area contributed by atoms with E-state index in [1.54, 1.807) is 0 Å². The summed E-state index contributed by atoms with van der Waals surface area (Å²) in [6.45, 7) is 0. The molecule has 0 fully saturated rings. The fourth-order valence-corrected chi connectivity index (χ4v) is 0.198. The molecule has 0 saturated heterocycles. The van der Waals surface area contributed by atoms with E-state index >= 15 is 0 Å². The molecule has 0 radical (unpaired) electrons. The zero-order chi connectivity index (χ0) is 5.70. The van der Waals surface area contributed by atoms with Crippen LogP contribution in [-0.4, -0.2) is 17.0 Å². The second kappa shape index (κ2) is 3.70. The highest BCUT2D eigenvalue weighted by molar-refractivity contribution is 6.27. The van der Waals surface area contributed by atoms with Gasteiger partial charge in [0.2, 0.25) is 0 Å². The lowest BCUT2D eigenvalue weighted by atomic mass is 10.8. The van der Waals surface area contributed by atoms with Crippen LogP contribution in [0.5, 0.6) is 0 Å². The predicted molar refractivity (Wildman–Crippen MR) is 25.2 cm³/mol. The zero-order valence-corrected chi connectivity index (χ0v) is 4.22. The van der Waals surface area contributed by atoms with E-state index in [1.807, 2.05) is 0 Å². The van der Waals surface area contributed by atoms with Gasteiger partial charge in [-0.25, -0.2) is 0 Å². The van der Waals surface area contributed by atoms with Crippen LogP contribution in [0.25, 0.3) is 0 Å². The highest BCUT2D eigenvalue weighted by atomic mass is 35.5. The summed E-state index contributed by atoms with van der Waals surface area (Å²) in [7, 11) is 0. The van der Waals surface area contributed by atoms with Crippen molar-refractivity contribution in [3.63, 3.8) is 0 Å². The van der Waals surface area contributed by atoms with Gasteiger partial charge < -0.3 is 10.0 Å². The van der Waals surface area contributed by atoms with E-state index in [4.69, 9.17) is 16.8 Å². The van der Waals surface area contributed by atoms with Crippen LogP contribution in [0.1, 0.15) is 0 Å². The molecule has 0 aromatic carbocycles. The van der Waals surface area contributed by atoms with Gasteiger partial charge in [0.1, 0.15) is 5.88 Å². The number of hydrogen-bond donors (Lipinski definition) is 2. The molecule has 0 bridgehead atoms. The number of nitrogens with two attached hydrogens (primary N) is 1. The van der Waals surface area contributed by atoms with Gasteiger partial charge in [-0.05, 0) is 0 Å². The van der Waals surface area contributed by atoms with Crippen molar-refractivity contribution in [3.8, 4) is 0 Å². The van der Waals surface area contributed by atoms with Crippen LogP contribution in [0.2, 0.25) is 0 Å². The molecule has 4 nitrogen and oxygen atoms in total. The molecule has 0 aliphatic heterocycles. The van der Waals surface area contributed by atoms with Crippen molar-refractivity contribution < 1.29 is 10.0 Å². The smallest absolute Gasteiger partial charge is 0.264 e. The summed E-state index contributed by atoms with van der Waals surface area (Å²) in [5, 5.41) is 10.4. The number of oxime groups is 1. The topological polar surface area (TPSA) is 67.8 Å². The van der Waals surface area contributed by atoms with Gasteiger partial charge in [-0.15, -0.1) is 11.6 Å². The summed E-state index contributed by atoms with van der Waals surface area (Å²) in [5.41, 5.74) is 0. The first-order chi connectivity index (χ1) is 3.35. The summed E-state index contributed by atoms with van der Waals surface area (Å²) >= 11 is 5.07. The van der Waals surface area contributed by atoms with E-state index in [1.165, 1.54) is 0 Å². The van der Waals surface area contributed by atoms with Crippen molar-refractivity contribution in [2.75, 3.05) is 5.88 Å². The standard InChI is InChI=1S/C2H5ClN2O2/c3-1-2(5-6)7-4/h6H,1,4H2. The summed E-state index contributed by atoms with van der Waals surface area (Å²) < 4.78 is 0. The summed E-state index contributed by atoms with van der Waals surface area (Å²) in [5.74, 6) is 4.40. The van der Waals surface area contributed by atoms with E-state index in [2.05, 4.69) is 15.9 Å². The maximum absolute atomic E-state index is 7.82. The third-order valence-corrected chi connectivity index (χ3v) is 0.591. The van der Waals surface area contributed by atoms with E-state index < -0.39 is 0 Å². The van der Waals surface area contributed by atoms with Crippen LogP contribution in [0, 0.1) is 0 Å². The van der Waals surface area contributed by atoms with Crippen molar-refractivity contribution in [1.82, 2.24) is 0 Å². The lowest BCUT2D eigenvalue weighted by molar-refractivity contribution is 0.259. The van der Waals surface area contributed by atoms with Gasteiger partial charge in [0, 0.05) is 0 Å². The van der Waals surface area contributed by atoms with Gasteiger partial charge in [0.05, 0.1) is 0 Å². The van der Waals surface area contributed by atoms with Gasteiger partial charge in [-0.2, -0.15) is 5.90 Å². The Kier molecular flexibility index (Phi) is 3.45. The highest BCUT2D eigenvalue weighted by Crippen LogP contribution is 1.78. The maximum Gasteiger partial charge on any atom is 0.264 e. The number of rotatable bonds is 1. The lowest BCUT2D eigenvalue weighted by Gasteiger charge is -1.91. The number of halogens is 1. The molecule has 0 saturated carbocycles. The highest BCUT2D eigenvalue weighted by Gasteiger charge is 1.91. The van der Waals surface area contributed by atoms with Gasteiger partial charge in [-0.3, -0.25) is 0 Å². The average Bonchev–Trinajstić information content (AvgIpc) is 1.72. The Bertz CT molecular complexity index is 68.1.